The molecular formula is C11H20O. The van der Waals surface area contributed by atoms with Crippen molar-refractivity contribution in [2.75, 3.05) is 6.61 Å². The number of aliphatic hydroxyl groups excluding tert-OH is 1. The lowest BCUT2D eigenvalue weighted by molar-refractivity contribution is 0.187. The van der Waals surface area contributed by atoms with Crippen molar-refractivity contribution in [2.45, 2.75) is 44.9 Å². The molecule has 1 heteroatoms. The lowest BCUT2D eigenvalue weighted by Crippen LogP contribution is -2.19. The molecule has 1 N–H and O–H groups in total. The Labute approximate surface area is 75.2 Å². The van der Waals surface area contributed by atoms with Crippen LogP contribution >= 0.6 is 0 Å². The van der Waals surface area contributed by atoms with Gasteiger partial charge in [-0.25, -0.2) is 0 Å². The second-order valence-electron chi connectivity index (χ2n) is 4.56. The highest BCUT2D eigenvalue weighted by molar-refractivity contribution is 4.87. The summed E-state index contributed by atoms with van der Waals surface area (Å²) < 4.78 is 0. The second kappa shape index (κ2) is 3.78. The molecule has 0 amide bonds. The van der Waals surface area contributed by atoms with Crippen LogP contribution in [-0.4, -0.2) is 11.7 Å². The molecule has 0 aliphatic heterocycles. The monoisotopic (exact) mass is 168 g/mol. The van der Waals surface area contributed by atoms with Crippen LogP contribution in [-0.2, 0) is 0 Å². The molecule has 0 spiro atoms. The lowest BCUT2D eigenvalue weighted by Gasteiger charge is -2.28. The molecule has 2 aliphatic carbocycles. The summed E-state index contributed by atoms with van der Waals surface area (Å²) in [5.74, 6) is 2.90. The Morgan fingerprint density at radius 1 is 1.00 bits per heavy atom. The van der Waals surface area contributed by atoms with Gasteiger partial charge >= 0.3 is 0 Å². The predicted molar refractivity (Wildman–Crippen MR) is 49.9 cm³/mol. The van der Waals surface area contributed by atoms with E-state index in [4.69, 9.17) is 5.11 Å². The summed E-state index contributed by atoms with van der Waals surface area (Å²) in [4.78, 5) is 0. The van der Waals surface area contributed by atoms with Crippen LogP contribution in [0.3, 0.4) is 0 Å². The topological polar surface area (TPSA) is 20.2 Å². The standard InChI is InChI=1S/C11H20O/c12-8-7-10-6-5-9-3-1-2-4-11(9)10/h9-12H,1-8H2/t9?,10-,11?/m0/s1. The molecular weight excluding hydrogens is 148 g/mol. The summed E-state index contributed by atoms with van der Waals surface area (Å²) in [6, 6.07) is 0. The van der Waals surface area contributed by atoms with Gasteiger partial charge in [0.1, 0.15) is 0 Å². The van der Waals surface area contributed by atoms with E-state index in [2.05, 4.69) is 0 Å². The van der Waals surface area contributed by atoms with Crippen LogP contribution in [0.25, 0.3) is 0 Å². The van der Waals surface area contributed by atoms with E-state index in [9.17, 15) is 0 Å². The maximum absolute atomic E-state index is 8.92. The summed E-state index contributed by atoms with van der Waals surface area (Å²) >= 11 is 0. The molecule has 2 unspecified atom stereocenters. The maximum Gasteiger partial charge on any atom is 0.0433 e. The van der Waals surface area contributed by atoms with Crippen LogP contribution in [0.4, 0.5) is 0 Å². The van der Waals surface area contributed by atoms with E-state index in [0.717, 1.165) is 24.2 Å². The third kappa shape index (κ3) is 1.52. The average Bonchev–Trinajstić information content (AvgIpc) is 2.50. The van der Waals surface area contributed by atoms with Crippen molar-refractivity contribution in [3.63, 3.8) is 0 Å². The van der Waals surface area contributed by atoms with Gasteiger partial charge in [0.2, 0.25) is 0 Å². The Bertz CT molecular complexity index is 144. The molecule has 0 radical (unpaired) electrons. The minimum atomic E-state index is 0.411. The Hall–Kier alpha value is -0.0400. The van der Waals surface area contributed by atoms with Gasteiger partial charge in [0.25, 0.3) is 0 Å². The molecule has 3 atom stereocenters. The highest BCUT2D eigenvalue weighted by Gasteiger charge is 2.36. The van der Waals surface area contributed by atoms with Crippen molar-refractivity contribution in [2.24, 2.45) is 17.8 Å². The fourth-order valence-corrected chi connectivity index (χ4v) is 3.38. The van der Waals surface area contributed by atoms with Crippen LogP contribution in [0.5, 0.6) is 0 Å². The fraction of sp³-hybridized carbons (Fsp3) is 1.00. The van der Waals surface area contributed by atoms with Crippen LogP contribution in [0.2, 0.25) is 0 Å². The Morgan fingerprint density at radius 2 is 1.83 bits per heavy atom. The smallest absolute Gasteiger partial charge is 0.0433 e. The van der Waals surface area contributed by atoms with Crippen LogP contribution in [0.1, 0.15) is 44.9 Å². The Balaban J connectivity index is 1.92. The highest BCUT2D eigenvalue weighted by atomic mass is 16.3. The van der Waals surface area contributed by atoms with Crippen LogP contribution < -0.4 is 0 Å². The molecule has 0 saturated heterocycles. The largest absolute Gasteiger partial charge is 0.396 e. The molecule has 2 rings (SSSR count). The average molecular weight is 168 g/mol. The first-order valence-corrected chi connectivity index (χ1v) is 5.52. The normalized spacial score (nSPS) is 41.2. The van der Waals surface area contributed by atoms with E-state index in [1.807, 2.05) is 0 Å². The number of hydrogen-bond donors (Lipinski definition) is 1. The second-order valence-corrected chi connectivity index (χ2v) is 4.56. The predicted octanol–water partition coefficient (Wildman–Crippen LogP) is 2.59. The summed E-state index contributed by atoms with van der Waals surface area (Å²) in [7, 11) is 0. The third-order valence-electron chi connectivity index (χ3n) is 3.98. The van der Waals surface area contributed by atoms with Gasteiger partial charge in [0.15, 0.2) is 0 Å². The Morgan fingerprint density at radius 3 is 2.67 bits per heavy atom. The molecule has 0 aromatic rings. The Kier molecular flexibility index (Phi) is 2.69. The minimum absolute atomic E-state index is 0.411. The summed E-state index contributed by atoms with van der Waals surface area (Å²) in [6.07, 6.45) is 9.77. The van der Waals surface area contributed by atoms with E-state index < -0.39 is 0 Å². The molecule has 0 aromatic carbocycles. The molecule has 0 bridgehead atoms. The quantitative estimate of drug-likeness (QED) is 0.672. The van der Waals surface area contributed by atoms with Crippen LogP contribution in [0, 0.1) is 17.8 Å². The number of fused-ring (bicyclic) bond motifs is 1. The summed E-state index contributed by atoms with van der Waals surface area (Å²) in [6.45, 7) is 0.411. The number of rotatable bonds is 2. The van der Waals surface area contributed by atoms with Crippen molar-refractivity contribution >= 4 is 0 Å². The molecule has 12 heavy (non-hydrogen) atoms. The molecule has 0 heterocycles. The van der Waals surface area contributed by atoms with Gasteiger partial charge in [-0.05, 0) is 43.4 Å². The van der Waals surface area contributed by atoms with Crippen molar-refractivity contribution in [3.05, 3.63) is 0 Å². The van der Waals surface area contributed by atoms with Gasteiger partial charge in [0, 0.05) is 6.61 Å². The highest BCUT2D eigenvalue weighted by Crippen LogP contribution is 2.46. The zero-order chi connectivity index (χ0) is 8.39. The third-order valence-corrected chi connectivity index (χ3v) is 3.98. The fourth-order valence-electron chi connectivity index (χ4n) is 3.38. The van der Waals surface area contributed by atoms with Gasteiger partial charge in [0.05, 0.1) is 0 Å². The van der Waals surface area contributed by atoms with E-state index >= 15 is 0 Å². The first-order chi connectivity index (χ1) is 5.92. The zero-order valence-corrected chi connectivity index (χ0v) is 7.84. The van der Waals surface area contributed by atoms with Gasteiger partial charge < -0.3 is 5.11 Å². The van der Waals surface area contributed by atoms with Gasteiger partial charge in [-0.2, -0.15) is 0 Å². The minimum Gasteiger partial charge on any atom is -0.396 e. The van der Waals surface area contributed by atoms with E-state index in [-0.39, 0.29) is 0 Å². The maximum atomic E-state index is 8.92. The van der Waals surface area contributed by atoms with Gasteiger partial charge in [-0.3, -0.25) is 0 Å². The molecule has 70 valence electrons. The molecule has 2 saturated carbocycles. The molecule has 1 nitrogen and oxygen atoms in total. The molecule has 2 aliphatic rings. The van der Waals surface area contributed by atoms with Crippen molar-refractivity contribution in [1.82, 2.24) is 0 Å². The van der Waals surface area contributed by atoms with E-state index in [0.29, 0.717) is 6.61 Å². The van der Waals surface area contributed by atoms with Crippen molar-refractivity contribution in [3.8, 4) is 0 Å². The lowest BCUT2D eigenvalue weighted by atomic mass is 9.77. The van der Waals surface area contributed by atoms with E-state index in [1.165, 1.54) is 38.5 Å². The number of aliphatic hydroxyl groups is 1. The van der Waals surface area contributed by atoms with Gasteiger partial charge in [-0.1, -0.05) is 19.3 Å². The van der Waals surface area contributed by atoms with Crippen molar-refractivity contribution < 1.29 is 5.11 Å². The van der Waals surface area contributed by atoms with Crippen molar-refractivity contribution in [1.29, 1.82) is 0 Å². The SMILES string of the molecule is OCC[C@@H]1CCC2CCCCC21. The van der Waals surface area contributed by atoms with Gasteiger partial charge in [-0.15, -0.1) is 0 Å². The first-order valence-electron chi connectivity index (χ1n) is 5.52. The van der Waals surface area contributed by atoms with E-state index in [1.54, 1.807) is 0 Å². The number of hydrogen-bond acceptors (Lipinski definition) is 1. The zero-order valence-electron chi connectivity index (χ0n) is 7.84. The molecule has 2 fully saturated rings. The van der Waals surface area contributed by atoms with Crippen LogP contribution in [0.15, 0.2) is 0 Å². The summed E-state index contributed by atoms with van der Waals surface area (Å²) in [5.41, 5.74) is 0. The summed E-state index contributed by atoms with van der Waals surface area (Å²) in [5, 5.41) is 8.92. The first kappa shape index (κ1) is 8.55. The molecule has 0 aromatic heterocycles.